The minimum absolute atomic E-state index is 0.339. The molecule has 0 saturated carbocycles. The average Bonchev–Trinajstić information content (AvgIpc) is 2.90. The van der Waals surface area contributed by atoms with E-state index in [1.54, 1.807) is 18.4 Å². The van der Waals surface area contributed by atoms with Gasteiger partial charge in [0, 0.05) is 0 Å². The molecule has 0 aliphatic heterocycles. The van der Waals surface area contributed by atoms with E-state index in [0.717, 1.165) is 11.0 Å². The van der Waals surface area contributed by atoms with E-state index < -0.39 is 11.3 Å². The summed E-state index contributed by atoms with van der Waals surface area (Å²) in [5, 5.41) is 0.155. The summed E-state index contributed by atoms with van der Waals surface area (Å²) in [5.74, 6) is -0.704. The molecule has 22 heavy (non-hydrogen) atoms. The van der Waals surface area contributed by atoms with Crippen LogP contribution in [0.3, 0.4) is 0 Å². The van der Waals surface area contributed by atoms with E-state index in [1.165, 1.54) is 26.0 Å². The number of esters is 2. The molecule has 2 atom stereocenters. The third kappa shape index (κ3) is 3.09. The fourth-order valence-corrected chi connectivity index (χ4v) is 3.16. The van der Waals surface area contributed by atoms with Crippen molar-refractivity contribution in [1.82, 2.24) is 9.55 Å². The Morgan fingerprint density at radius 2 is 1.77 bits per heavy atom. The molecule has 1 aromatic carbocycles. The number of para-hydroxylation sites is 2. The van der Waals surface area contributed by atoms with Gasteiger partial charge in [0.05, 0.1) is 25.3 Å². The molecule has 6 nitrogen and oxygen atoms in total. The number of hydrogen-bond acceptors (Lipinski definition) is 6. The van der Waals surface area contributed by atoms with Crippen LogP contribution in [0.4, 0.5) is 0 Å². The van der Waals surface area contributed by atoms with Crippen LogP contribution < -0.4 is 0 Å². The van der Waals surface area contributed by atoms with Gasteiger partial charge in [-0.15, -0.1) is 0 Å². The van der Waals surface area contributed by atoms with Crippen molar-refractivity contribution in [3.05, 3.63) is 24.3 Å². The highest BCUT2D eigenvalue weighted by molar-refractivity contribution is 8.00. The van der Waals surface area contributed by atoms with Gasteiger partial charge in [-0.3, -0.25) is 4.79 Å². The molecular formula is C15H18N2O4S. The molecule has 0 spiro atoms. The summed E-state index contributed by atoms with van der Waals surface area (Å²) in [7, 11) is 2.70. The molecule has 0 saturated heterocycles. The third-order valence-corrected chi connectivity index (χ3v) is 4.35. The van der Waals surface area contributed by atoms with E-state index in [4.69, 9.17) is 9.47 Å². The second-order valence-electron chi connectivity index (χ2n) is 4.74. The van der Waals surface area contributed by atoms with Gasteiger partial charge in [0.25, 0.3) is 0 Å². The lowest BCUT2D eigenvalue weighted by Gasteiger charge is -2.16. The van der Waals surface area contributed by atoms with Gasteiger partial charge >= 0.3 is 11.9 Å². The first-order valence-corrected chi connectivity index (χ1v) is 7.66. The number of aromatic nitrogens is 2. The minimum atomic E-state index is -0.537. The van der Waals surface area contributed by atoms with E-state index in [1.807, 2.05) is 24.3 Å². The van der Waals surface area contributed by atoms with Gasteiger partial charge in [0.15, 0.2) is 5.16 Å². The Bertz CT molecular complexity index is 698. The maximum Gasteiger partial charge on any atom is 0.328 e. The molecule has 2 rings (SSSR count). The number of fused-ring (bicyclic) bond motifs is 1. The summed E-state index contributed by atoms with van der Waals surface area (Å²) in [4.78, 5) is 28.1. The van der Waals surface area contributed by atoms with Gasteiger partial charge in [-0.2, -0.15) is 0 Å². The predicted molar refractivity (Wildman–Crippen MR) is 83.8 cm³/mol. The van der Waals surface area contributed by atoms with Crippen molar-refractivity contribution < 1.29 is 19.1 Å². The summed E-state index contributed by atoms with van der Waals surface area (Å²) < 4.78 is 11.3. The van der Waals surface area contributed by atoms with Crippen molar-refractivity contribution in [1.29, 1.82) is 0 Å². The van der Waals surface area contributed by atoms with E-state index >= 15 is 0 Å². The first kappa shape index (κ1) is 16.4. The monoisotopic (exact) mass is 322 g/mol. The molecule has 0 aliphatic carbocycles. The first-order valence-electron chi connectivity index (χ1n) is 6.78. The van der Waals surface area contributed by atoms with Crippen LogP contribution >= 0.6 is 11.8 Å². The Morgan fingerprint density at radius 3 is 2.41 bits per heavy atom. The minimum Gasteiger partial charge on any atom is -0.468 e. The molecule has 7 heteroatoms. The zero-order chi connectivity index (χ0) is 16.3. The fourth-order valence-electron chi connectivity index (χ4n) is 2.13. The highest BCUT2D eigenvalue weighted by Gasteiger charge is 2.25. The highest BCUT2D eigenvalue weighted by Crippen LogP contribution is 2.31. The molecular weight excluding hydrogens is 304 g/mol. The second-order valence-corrected chi connectivity index (χ2v) is 6.04. The van der Waals surface area contributed by atoms with Crippen molar-refractivity contribution in [2.75, 3.05) is 14.2 Å². The highest BCUT2D eigenvalue weighted by atomic mass is 32.2. The van der Waals surface area contributed by atoms with Gasteiger partial charge in [-0.1, -0.05) is 23.9 Å². The van der Waals surface area contributed by atoms with Crippen molar-refractivity contribution in [3.8, 4) is 0 Å². The van der Waals surface area contributed by atoms with Crippen molar-refractivity contribution in [2.45, 2.75) is 30.3 Å². The maximum absolute atomic E-state index is 11.9. The van der Waals surface area contributed by atoms with Crippen LogP contribution in [0.2, 0.25) is 0 Å². The lowest BCUT2D eigenvalue weighted by atomic mass is 10.3. The number of rotatable bonds is 5. The Kier molecular flexibility index (Phi) is 5.07. The summed E-state index contributed by atoms with van der Waals surface area (Å²) in [6.45, 7) is 3.48. The average molecular weight is 322 g/mol. The molecule has 0 unspecified atom stereocenters. The number of ether oxygens (including phenoxy) is 2. The van der Waals surface area contributed by atoms with Crippen LogP contribution in [0.1, 0.15) is 19.9 Å². The van der Waals surface area contributed by atoms with Gasteiger partial charge in [-0.25, -0.2) is 9.78 Å². The molecule has 1 heterocycles. The Hall–Kier alpha value is -2.02. The number of nitrogens with zero attached hydrogens (tertiary/aromatic N) is 2. The molecule has 2 aromatic rings. The lowest BCUT2D eigenvalue weighted by molar-refractivity contribution is -0.144. The van der Waals surface area contributed by atoms with Crippen LogP contribution in [0, 0.1) is 0 Å². The van der Waals surface area contributed by atoms with Crippen LogP contribution in [0.25, 0.3) is 11.0 Å². The van der Waals surface area contributed by atoms with Crippen molar-refractivity contribution in [3.63, 3.8) is 0 Å². The summed E-state index contributed by atoms with van der Waals surface area (Å²) in [6, 6.07) is 6.96. The number of methoxy groups -OCH3 is 2. The van der Waals surface area contributed by atoms with Crippen LogP contribution in [0.5, 0.6) is 0 Å². The van der Waals surface area contributed by atoms with E-state index in [2.05, 4.69) is 4.98 Å². The molecule has 0 radical (unpaired) electrons. The van der Waals surface area contributed by atoms with Crippen LogP contribution in [-0.4, -0.2) is 41.0 Å². The van der Waals surface area contributed by atoms with Gasteiger partial charge < -0.3 is 14.0 Å². The van der Waals surface area contributed by atoms with E-state index in [0.29, 0.717) is 5.16 Å². The summed E-state index contributed by atoms with van der Waals surface area (Å²) >= 11 is 1.25. The lowest BCUT2D eigenvalue weighted by Crippen LogP contribution is -2.20. The Balaban J connectivity index is 2.48. The van der Waals surface area contributed by atoms with Gasteiger partial charge in [0.1, 0.15) is 11.3 Å². The van der Waals surface area contributed by atoms with Crippen molar-refractivity contribution >= 4 is 34.7 Å². The fraction of sp³-hybridized carbons (Fsp3) is 0.400. The standard InChI is InChI=1S/C15H18N2O4S/c1-9(13(18)20-3)17-12-8-6-5-7-11(12)16-15(17)22-10(2)14(19)21-4/h5-10H,1-4H3/t9-,10+/m1/s1. The molecule has 0 N–H and O–H groups in total. The smallest absolute Gasteiger partial charge is 0.328 e. The Labute approximate surface area is 132 Å². The molecule has 0 bridgehead atoms. The number of imidazole rings is 1. The van der Waals surface area contributed by atoms with E-state index in [-0.39, 0.29) is 11.9 Å². The van der Waals surface area contributed by atoms with Gasteiger partial charge in [-0.05, 0) is 26.0 Å². The maximum atomic E-state index is 11.9. The summed E-state index contributed by atoms with van der Waals surface area (Å²) in [6.07, 6.45) is 0. The second kappa shape index (κ2) is 6.83. The summed E-state index contributed by atoms with van der Waals surface area (Å²) in [5.41, 5.74) is 1.58. The quantitative estimate of drug-likeness (QED) is 0.622. The Morgan fingerprint density at radius 1 is 1.14 bits per heavy atom. The zero-order valence-electron chi connectivity index (χ0n) is 12.9. The van der Waals surface area contributed by atoms with E-state index in [9.17, 15) is 9.59 Å². The molecule has 1 aromatic heterocycles. The zero-order valence-corrected chi connectivity index (χ0v) is 13.7. The molecule has 0 fully saturated rings. The number of carbonyl (C=O) groups excluding carboxylic acids is 2. The molecule has 0 amide bonds. The predicted octanol–water partition coefficient (Wildman–Crippen LogP) is 2.42. The first-order chi connectivity index (χ1) is 10.5. The normalized spacial score (nSPS) is 13.6. The number of hydrogen-bond donors (Lipinski definition) is 0. The number of benzene rings is 1. The molecule has 118 valence electrons. The van der Waals surface area contributed by atoms with Crippen LogP contribution in [-0.2, 0) is 19.1 Å². The third-order valence-electron chi connectivity index (χ3n) is 3.31. The van der Waals surface area contributed by atoms with Crippen LogP contribution in [0.15, 0.2) is 29.4 Å². The number of thioether (sulfide) groups is 1. The SMILES string of the molecule is COC(=O)[C@H](C)Sc1nc2ccccc2n1[C@H](C)C(=O)OC. The van der Waals surface area contributed by atoms with Crippen molar-refractivity contribution in [2.24, 2.45) is 0 Å². The van der Waals surface area contributed by atoms with Gasteiger partial charge in [0.2, 0.25) is 0 Å². The topological polar surface area (TPSA) is 70.4 Å². The molecule has 0 aliphatic rings. The largest absolute Gasteiger partial charge is 0.468 e. The number of carbonyl (C=O) groups is 2.